The molecule has 0 aliphatic rings. The molecule has 0 aliphatic heterocycles. The number of carbonyl (C=O) groups excluding carboxylic acids is 1. The van der Waals surface area contributed by atoms with Crippen molar-refractivity contribution in [2.75, 3.05) is 19.0 Å². The highest BCUT2D eigenvalue weighted by Gasteiger charge is 2.16. The van der Waals surface area contributed by atoms with Gasteiger partial charge >= 0.3 is 0 Å². The van der Waals surface area contributed by atoms with Gasteiger partial charge in [0.15, 0.2) is 0 Å². The van der Waals surface area contributed by atoms with Crippen molar-refractivity contribution in [1.29, 1.82) is 0 Å². The Labute approximate surface area is 138 Å². The second kappa shape index (κ2) is 6.82. The fourth-order valence-corrected chi connectivity index (χ4v) is 2.64. The Morgan fingerprint density at radius 2 is 1.61 bits per heavy atom. The monoisotopic (exact) mass is 311 g/mol. The molecule has 4 heteroatoms. The predicted molar refractivity (Wildman–Crippen MR) is 95.1 cm³/mol. The molecule has 0 fully saturated rings. The summed E-state index contributed by atoms with van der Waals surface area (Å²) in [6.45, 7) is 8.37. The second-order valence-electron chi connectivity index (χ2n) is 6.15. The van der Waals surface area contributed by atoms with Gasteiger partial charge in [-0.25, -0.2) is 0 Å². The molecule has 0 radical (unpaired) electrons. The number of carbonyl (C=O) groups is 1. The van der Waals surface area contributed by atoms with Crippen molar-refractivity contribution in [3.63, 3.8) is 0 Å². The highest BCUT2D eigenvalue weighted by Crippen LogP contribution is 2.19. The SMILES string of the molecule is Cc1nc(C)c(C(=O)NCc2ccc(N(C)C)cc2)c(C)c1C. The van der Waals surface area contributed by atoms with Gasteiger partial charge in [-0.1, -0.05) is 12.1 Å². The van der Waals surface area contributed by atoms with Gasteiger partial charge in [0.1, 0.15) is 0 Å². The van der Waals surface area contributed by atoms with Crippen LogP contribution in [-0.4, -0.2) is 25.0 Å². The molecule has 1 aromatic heterocycles. The van der Waals surface area contributed by atoms with Gasteiger partial charge in [-0.05, 0) is 56.5 Å². The van der Waals surface area contributed by atoms with E-state index in [2.05, 4.69) is 27.3 Å². The molecule has 122 valence electrons. The average Bonchev–Trinajstić information content (AvgIpc) is 2.51. The van der Waals surface area contributed by atoms with Crippen LogP contribution in [0.25, 0.3) is 0 Å². The van der Waals surface area contributed by atoms with E-state index in [-0.39, 0.29) is 5.91 Å². The summed E-state index contributed by atoms with van der Waals surface area (Å²) >= 11 is 0. The lowest BCUT2D eigenvalue weighted by atomic mass is 10.0. The molecule has 1 N–H and O–H groups in total. The standard InChI is InChI=1S/C19H25N3O/c1-12-13(2)18(15(4)21-14(12)3)19(23)20-11-16-7-9-17(10-8-16)22(5)6/h7-10H,11H2,1-6H3,(H,20,23). The number of hydrogen-bond acceptors (Lipinski definition) is 3. The van der Waals surface area contributed by atoms with Gasteiger partial charge in [0.05, 0.1) is 11.3 Å². The summed E-state index contributed by atoms with van der Waals surface area (Å²) in [7, 11) is 4.02. The zero-order chi connectivity index (χ0) is 17.1. The number of anilines is 1. The summed E-state index contributed by atoms with van der Waals surface area (Å²) < 4.78 is 0. The first-order valence-corrected chi connectivity index (χ1v) is 7.80. The number of nitrogens with zero attached hydrogens (tertiary/aromatic N) is 2. The van der Waals surface area contributed by atoms with Crippen LogP contribution in [0.4, 0.5) is 5.69 Å². The Morgan fingerprint density at radius 1 is 1.00 bits per heavy atom. The molecule has 2 rings (SSSR count). The number of nitrogens with one attached hydrogen (secondary N) is 1. The van der Waals surface area contributed by atoms with Crippen LogP contribution in [0, 0.1) is 27.7 Å². The fourth-order valence-electron chi connectivity index (χ4n) is 2.64. The van der Waals surface area contributed by atoms with E-state index in [1.807, 2.05) is 53.9 Å². The van der Waals surface area contributed by atoms with Crippen molar-refractivity contribution in [3.05, 3.63) is 57.9 Å². The molecule has 23 heavy (non-hydrogen) atoms. The number of benzene rings is 1. The molecule has 0 atom stereocenters. The molecule has 0 unspecified atom stereocenters. The molecule has 1 amide bonds. The molecule has 0 saturated heterocycles. The summed E-state index contributed by atoms with van der Waals surface area (Å²) in [5, 5.41) is 3.00. The van der Waals surface area contributed by atoms with Gasteiger partial charge in [-0.3, -0.25) is 9.78 Å². The Hall–Kier alpha value is -2.36. The molecule has 1 heterocycles. The Bertz CT molecular complexity index is 718. The van der Waals surface area contributed by atoms with Gasteiger partial charge in [0.25, 0.3) is 5.91 Å². The molecule has 1 aromatic carbocycles. The van der Waals surface area contributed by atoms with Crippen molar-refractivity contribution < 1.29 is 4.79 Å². The van der Waals surface area contributed by atoms with Gasteiger partial charge < -0.3 is 10.2 Å². The lowest BCUT2D eigenvalue weighted by Gasteiger charge is -2.15. The van der Waals surface area contributed by atoms with Crippen LogP contribution in [0.15, 0.2) is 24.3 Å². The van der Waals surface area contributed by atoms with Crippen LogP contribution < -0.4 is 10.2 Å². The average molecular weight is 311 g/mol. The quantitative estimate of drug-likeness (QED) is 0.942. The Kier molecular flexibility index (Phi) is 5.04. The zero-order valence-electron chi connectivity index (χ0n) is 14.8. The molecule has 0 aliphatic carbocycles. The minimum absolute atomic E-state index is 0.0627. The molecule has 0 spiro atoms. The van der Waals surface area contributed by atoms with Crippen molar-refractivity contribution in [3.8, 4) is 0 Å². The number of aromatic nitrogens is 1. The van der Waals surface area contributed by atoms with Crippen LogP contribution in [0.2, 0.25) is 0 Å². The maximum Gasteiger partial charge on any atom is 0.253 e. The summed E-state index contributed by atoms with van der Waals surface area (Å²) in [6.07, 6.45) is 0. The van der Waals surface area contributed by atoms with Crippen molar-refractivity contribution in [2.24, 2.45) is 0 Å². The van der Waals surface area contributed by atoms with Gasteiger partial charge in [0, 0.05) is 32.0 Å². The topological polar surface area (TPSA) is 45.2 Å². The summed E-state index contributed by atoms with van der Waals surface area (Å²) in [5.74, 6) is -0.0627. The van der Waals surface area contributed by atoms with E-state index in [4.69, 9.17) is 0 Å². The van der Waals surface area contributed by atoms with Crippen molar-refractivity contribution in [2.45, 2.75) is 34.2 Å². The van der Waals surface area contributed by atoms with Crippen molar-refractivity contribution >= 4 is 11.6 Å². The van der Waals surface area contributed by atoms with Crippen LogP contribution in [0.1, 0.15) is 38.4 Å². The van der Waals surface area contributed by atoms with Crippen molar-refractivity contribution in [1.82, 2.24) is 10.3 Å². The number of amides is 1. The number of rotatable bonds is 4. The maximum atomic E-state index is 12.5. The smallest absolute Gasteiger partial charge is 0.253 e. The van der Waals surface area contributed by atoms with E-state index < -0.39 is 0 Å². The Morgan fingerprint density at radius 3 is 2.17 bits per heavy atom. The summed E-state index contributed by atoms with van der Waals surface area (Å²) in [6, 6.07) is 8.17. The predicted octanol–water partition coefficient (Wildman–Crippen LogP) is 3.31. The second-order valence-corrected chi connectivity index (χ2v) is 6.15. The van der Waals surface area contributed by atoms with Crippen LogP contribution in [0.3, 0.4) is 0 Å². The number of hydrogen-bond donors (Lipinski definition) is 1. The third-order valence-electron chi connectivity index (χ3n) is 4.31. The van der Waals surface area contributed by atoms with E-state index in [1.165, 1.54) is 0 Å². The van der Waals surface area contributed by atoms with E-state index in [9.17, 15) is 4.79 Å². The normalized spacial score (nSPS) is 10.5. The van der Waals surface area contributed by atoms with Crippen LogP contribution >= 0.6 is 0 Å². The zero-order valence-corrected chi connectivity index (χ0v) is 14.8. The number of pyridine rings is 1. The van der Waals surface area contributed by atoms with E-state index in [1.54, 1.807) is 0 Å². The van der Waals surface area contributed by atoms with E-state index in [0.29, 0.717) is 12.1 Å². The Balaban J connectivity index is 2.13. The molecular weight excluding hydrogens is 286 g/mol. The fraction of sp³-hybridized carbons (Fsp3) is 0.368. The number of aryl methyl sites for hydroxylation is 2. The molecule has 2 aromatic rings. The first-order valence-electron chi connectivity index (χ1n) is 7.80. The summed E-state index contributed by atoms with van der Waals surface area (Å²) in [4.78, 5) is 19.1. The minimum atomic E-state index is -0.0627. The lowest BCUT2D eigenvalue weighted by molar-refractivity contribution is 0.0949. The van der Waals surface area contributed by atoms with E-state index in [0.717, 1.165) is 33.8 Å². The maximum absolute atomic E-state index is 12.5. The van der Waals surface area contributed by atoms with E-state index >= 15 is 0 Å². The highest BCUT2D eigenvalue weighted by atomic mass is 16.1. The molecule has 0 bridgehead atoms. The largest absolute Gasteiger partial charge is 0.378 e. The third-order valence-corrected chi connectivity index (χ3v) is 4.31. The van der Waals surface area contributed by atoms with Gasteiger partial charge in [-0.15, -0.1) is 0 Å². The molecule has 4 nitrogen and oxygen atoms in total. The molecular formula is C19H25N3O. The lowest BCUT2D eigenvalue weighted by Crippen LogP contribution is -2.25. The third kappa shape index (κ3) is 3.70. The van der Waals surface area contributed by atoms with Gasteiger partial charge in [0.2, 0.25) is 0 Å². The first-order chi connectivity index (χ1) is 10.8. The van der Waals surface area contributed by atoms with Crippen LogP contribution in [-0.2, 0) is 6.54 Å². The van der Waals surface area contributed by atoms with Gasteiger partial charge in [-0.2, -0.15) is 0 Å². The minimum Gasteiger partial charge on any atom is -0.378 e. The van der Waals surface area contributed by atoms with Crippen LogP contribution in [0.5, 0.6) is 0 Å². The highest BCUT2D eigenvalue weighted by molar-refractivity contribution is 5.97. The first kappa shape index (κ1) is 17.0. The molecule has 0 saturated carbocycles. The summed E-state index contributed by atoms with van der Waals surface area (Å²) in [5.41, 5.74) is 6.77.